The molecule has 0 spiro atoms. The zero-order chi connectivity index (χ0) is 14.3. The van der Waals surface area contributed by atoms with Crippen molar-refractivity contribution in [3.05, 3.63) is 52.8 Å². The van der Waals surface area contributed by atoms with Crippen LogP contribution in [0, 0.1) is 20.8 Å². The van der Waals surface area contributed by atoms with Crippen molar-refractivity contribution in [1.82, 2.24) is 14.8 Å². The Bertz CT molecular complexity index is 787. The monoisotopic (exact) mass is 266 g/mol. The van der Waals surface area contributed by atoms with Gasteiger partial charge in [0.05, 0.1) is 11.2 Å². The van der Waals surface area contributed by atoms with Crippen LogP contribution in [0.25, 0.3) is 16.7 Å². The van der Waals surface area contributed by atoms with Crippen molar-refractivity contribution in [2.75, 3.05) is 0 Å². The summed E-state index contributed by atoms with van der Waals surface area (Å²) in [6.07, 6.45) is 0. The molecule has 0 aliphatic heterocycles. The van der Waals surface area contributed by atoms with Crippen LogP contribution in [0.4, 0.5) is 0 Å². The lowest BCUT2D eigenvalue weighted by molar-refractivity contribution is 0.807. The van der Waals surface area contributed by atoms with Gasteiger partial charge in [0.25, 0.3) is 0 Å². The van der Waals surface area contributed by atoms with Gasteiger partial charge in [-0.15, -0.1) is 0 Å². The fraction of sp³-hybridized carbons (Fsp3) is 0.250. The molecule has 0 aliphatic carbocycles. The molecule has 0 amide bonds. The predicted octanol–water partition coefficient (Wildman–Crippen LogP) is 2.80. The summed E-state index contributed by atoms with van der Waals surface area (Å²) in [5.41, 5.74) is 11.3. The average Bonchev–Trinajstić information content (AvgIpc) is 2.73. The first kappa shape index (κ1) is 12.8. The molecular weight excluding hydrogens is 248 g/mol. The fourth-order valence-corrected chi connectivity index (χ4v) is 2.45. The van der Waals surface area contributed by atoms with E-state index in [9.17, 15) is 0 Å². The van der Waals surface area contributed by atoms with Crippen molar-refractivity contribution in [3.8, 4) is 5.82 Å². The number of benzene rings is 1. The largest absolute Gasteiger partial charge is 0.326 e. The van der Waals surface area contributed by atoms with Gasteiger partial charge in [0.15, 0.2) is 5.82 Å². The summed E-state index contributed by atoms with van der Waals surface area (Å²) in [7, 11) is 0. The third-order valence-electron chi connectivity index (χ3n) is 3.88. The Morgan fingerprint density at radius 2 is 1.90 bits per heavy atom. The van der Waals surface area contributed by atoms with E-state index in [-0.39, 0.29) is 0 Å². The van der Waals surface area contributed by atoms with Gasteiger partial charge in [-0.2, -0.15) is 5.10 Å². The van der Waals surface area contributed by atoms with Gasteiger partial charge in [-0.1, -0.05) is 18.2 Å². The topological polar surface area (TPSA) is 56.7 Å². The molecule has 4 heteroatoms. The highest BCUT2D eigenvalue weighted by Gasteiger charge is 2.12. The second-order valence-electron chi connectivity index (χ2n) is 5.07. The highest BCUT2D eigenvalue weighted by Crippen LogP contribution is 2.22. The zero-order valence-corrected chi connectivity index (χ0v) is 12.0. The second-order valence-corrected chi connectivity index (χ2v) is 5.07. The molecular formula is C16H18N4. The lowest BCUT2D eigenvalue weighted by atomic mass is 10.1. The molecule has 0 radical (unpaired) electrons. The minimum absolute atomic E-state index is 0.494. The summed E-state index contributed by atoms with van der Waals surface area (Å²) in [6.45, 7) is 6.66. The van der Waals surface area contributed by atoms with Crippen molar-refractivity contribution in [1.29, 1.82) is 0 Å². The highest BCUT2D eigenvalue weighted by atomic mass is 15.3. The van der Waals surface area contributed by atoms with E-state index in [1.807, 2.05) is 35.9 Å². The second kappa shape index (κ2) is 4.72. The Labute approximate surface area is 118 Å². The molecule has 20 heavy (non-hydrogen) atoms. The molecule has 0 atom stereocenters. The molecule has 2 aromatic heterocycles. The third kappa shape index (κ3) is 1.89. The van der Waals surface area contributed by atoms with Gasteiger partial charge < -0.3 is 5.73 Å². The number of nitrogens with two attached hydrogens (primary N) is 1. The van der Waals surface area contributed by atoms with E-state index < -0.39 is 0 Å². The molecule has 0 saturated carbocycles. The van der Waals surface area contributed by atoms with Crippen molar-refractivity contribution >= 4 is 10.9 Å². The standard InChI is InChI=1S/C16H18N4/c1-10-11(2)19-20(12(10)3)16-8-13(9-17)14-6-4-5-7-15(14)18-16/h4-8H,9,17H2,1-3H3. The Kier molecular flexibility index (Phi) is 3.03. The van der Waals surface area contributed by atoms with Crippen molar-refractivity contribution in [2.24, 2.45) is 5.73 Å². The molecule has 0 aliphatic rings. The quantitative estimate of drug-likeness (QED) is 0.776. The Morgan fingerprint density at radius 3 is 2.55 bits per heavy atom. The van der Waals surface area contributed by atoms with Crippen molar-refractivity contribution in [3.63, 3.8) is 0 Å². The van der Waals surface area contributed by atoms with Crippen LogP contribution in [0.5, 0.6) is 0 Å². The van der Waals surface area contributed by atoms with Crippen LogP contribution in [0.3, 0.4) is 0 Å². The Morgan fingerprint density at radius 1 is 1.15 bits per heavy atom. The molecule has 3 aromatic rings. The summed E-state index contributed by atoms with van der Waals surface area (Å²) >= 11 is 0. The number of aryl methyl sites for hydroxylation is 1. The van der Waals surface area contributed by atoms with Crippen molar-refractivity contribution in [2.45, 2.75) is 27.3 Å². The van der Waals surface area contributed by atoms with E-state index in [0.717, 1.165) is 33.7 Å². The molecule has 1 aromatic carbocycles. The highest BCUT2D eigenvalue weighted by molar-refractivity contribution is 5.83. The van der Waals surface area contributed by atoms with Crippen LogP contribution in [0.2, 0.25) is 0 Å². The van der Waals surface area contributed by atoms with Crippen LogP contribution in [-0.4, -0.2) is 14.8 Å². The van der Waals surface area contributed by atoms with E-state index in [0.29, 0.717) is 6.54 Å². The van der Waals surface area contributed by atoms with E-state index in [1.54, 1.807) is 0 Å². The molecule has 0 saturated heterocycles. The van der Waals surface area contributed by atoms with Gasteiger partial charge in [-0.05, 0) is 44.0 Å². The number of fused-ring (bicyclic) bond motifs is 1. The van der Waals surface area contributed by atoms with E-state index >= 15 is 0 Å². The van der Waals surface area contributed by atoms with E-state index in [4.69, 9.17) is 10.7 Å². The van der Waals surface area contributed by atoms with Gasteiger partial charge >= 0.3 is 0 Å². The maximum atomic E-state index is 5.88. The molecule has 4 nitrogen and oxygen atoms in total. The Hall–Kier alpha value is -2.20. The van der Waals surface area contributed by atoms with Crippen LogP contribution >= 0.6 is 0 Å². The van der Waals surface area contributed by atoms with E-state index in [2.05, 4.69) is 25.0 Å². The average molecular weight is 266 g/mol. The first-order chi connectivity index (χ1) is 9.61. The summed E-state index contributed by atoms with van der Waals surface area (Å²) in [4.78, 5) is 4.71. The Balaban J connectivity index is 2.29. The number of rotatable bonds is 2. The van der Waals surface area contributed by atoms with Gasteiger partial charge in [0.1, 0.15) is 0 Å². The first-order valence-electron chi connectivity index (χ1n) is 6.73. The SMILES string of the molecule is Cc1nn(-c2cc(CN)c3ccccc3n2)c(C)c1C. The van der Waals surface area contributed by atoms with Crippen LogP contribution in [-0.2, 0) is 6.54 Å². The zero-order valence-electron chi connectivity index (χ0n) is 12.0. The van der Waals surface area contributed by atoms with Crippen LogP contribution < -0.4 is 5.73 Å². The summed E-state index contributed by atoms with van der Waals surface area (Å²) in [5, 5.41) is 5.68. The molecule has 0 unspecified atom stereocenters. The van der Waals surface area contributed by atoms with E-state index in [1.165, 1.54) is 5.56 Å². The predicted molar refractivity (Wildman–Crippen MR) is 81.0 cm³/mol. The smallest absolute Gasteiger partial charge is 0.154 e. The summed E-state index contributed by atoms with van der Waals surface area (Å²) in [5.74, 6) is 0.831. The number of aromatic nitrogens is 3. The molecule has 102 valence electrons. The summed E-state index contributed by atoms with van der Waals surface area (Å²) in [6, 6.07) is 10.1. The third-order valence-corrected chi connectivity index (χ3v) is 3.88. The van der Waals surface area contributed by atoms with Crippen LogP contribution in [0.1, 0.15) is 22.5 Å². The van der Waals surface area contributed by atoms with Crippen molar-refractivity contribution < 1.29 is 0 Å². The maximum absolute atomic E-state index is 5.88. The minimum atomic E-state index is 0.494. The van der Waals surface area contributed by atoms with Gasteiger partial charge in [0.2, 0.25) is 0 Å². The number of pyridine rings is 1. The molecule has 0 bridgehead atoms. The molecule has 2 heterocycles. The summed E-state index contributed by atoms with van der Waals surface area (Å²) < 4.78 is 1.90. The lowest BCUT2D eigenvalue weighted by Crippen LogP contribution is -2.06. The van der Waals surface area contributed by atoms with Gasteiger partial charge in [0, 0.05) is 17.6 Å². The fourth-order valence-electron chi connectivity index (χ4n) is 2.45. The maximum Gasteiger partial charge on any atom is 0.154 e. The number of nitrogens with zero attached hydrogens (tertiary/aromatic N) is 3. The first-order valence-corrected chi connectivity index (χ1v) is 6.73. The molecule has 0 fully saturated rings. The lowest BCUT2D eigenvalue weighted by Gasteiger charge is -2.09. The number of para-hydroxylation sites is 1. The van der Waals surface area contributed by atoms with Crippen LogP contribution in [0.15, 0.2) is 30.3 Å². The number of hydrogen-bond acceptors (Lipinski definition) is 3. The van der Waals surface area contributed by atoms with Gasteiger partial charge in [-0.25, -0.2) is 9.67 Å². The molecule has 2 N–H and O–H groups in total. The normalized spacial score (nSPS) is 11.2. The molecule has 3 rings (SSSR count). The number of hydrogen-bond donors (Lipinski definition) is 1. The minimum Gasteiger partial charge on any atom is -0.326 e. The van der Waals surface area contributed by atoms with Gasteiger partial charge in [-0.3, -0.25) is 0 Å².